The second kappa shape index (κ2) is 9.83. The predicted octanol–water partition coefficient (Wildman–Crippen LogP) is 5.14. The molecule has 120 valence electrons. The fourth-order valence-corrected chi connectivity index (χ4v) is 2.62. The highest BCUT2D eigenvalue weighted by molar-refractivity contribution is 5.29. The Labute approximate surface area is 131 Å². The Balaban J connectivity index is 2.69. The Morgan fingerprint density at radius 2 is 1.67 bits per heavy atom. The number of nitrogens with one attached hydrogen (secondary N) is 1. The van der Waals surface area contributed by atoms with Crippen molar-refractivity contribution in [3.05, 3.63) is 29.8 Å². The highest BCUT2D eigenvalue weighted by Gasteiger charge is 2.20. The quantitative estimate of drug-likeness (QED) is 0.645. The Bertz CT molecular complexity index is 372. The van der Waals surface area contributed by atoms with Crippen LogP contribution in [0.15, 0.2) is 24.3 Å². The lowest BCUT2D eigenvalue weighted by molar-refractivity contribution is 0.142. The molecule has 2 atom stereocenters. The third kappa shape index (κ3) is 6.09. The molecule has 21 heavy (non-hydrogen) atoms. The highest BCUT2D eigenvalue weighted by Crippen LogP contribution is 2.21. The van der Waals surface area contributed by atoms with E-state index < -0.39 is 0 Å². The minimum atomic E-state index is 0.251. The zero-order valence-electron chi connectivity index (χ0n) is 14.5. The lowest BCUT2D eigenvalue weighted by atomic mass is 10.0. The largest absolute Gasteiger partial charge is 0.489 e. The van der Waals surface area contributed by atoms with Crippen molar-refractivity contribution in [2.24, 2.45) is 0 Å². The summed E-state index contributed by atoms with van der Waals surface area (Å²) in [6.45, 7) is 12.2. The van der Waals surface area contributed by atoms with Gasteiger partial charge in [0.15, 0.2) is 0 Å². The fraction of sp³-hybridized carbons (Fsp3) is 0.684. The molecule has 1 N–H and O–H groups in total. The summed E-state index contributed by atoms with van der Waals surface area (Å²) in [5.41, 5.74) is 1.37. The van der Waals surface area contributed by atoms with E-state index in [4.69, 9.17) is 4.74 Å². The average molecular weight is 291 g/mol. The third-order valence-corrected chi connectivity index (χ3v) is 3.94. The van der Waals surface area contributed by atoms with Crippen molar-refractivity contribution >= 4 is 0 Å². The van der Waals surface area contributed by atoms with Crippen molar-refractivity contribution in [3.8, 4) is 5.75 Å². The molecule has 1 aromatic carbocycles. The Morgan fingerprint density at radius 3 is 2.14 bits per heavy atom. The van der Waals surface area contributed by atoms with Crippen LogP contribution in [-0.4, -0.2) is 18.7 Å². The van der Waals surface area contributed by atoms with E-state index in [2.05, 4.69) is 64.2 Å². The molecule has 0 aliphatic rings. The van der Waals surface area contributed by atoms with Gasteiger partial charge in [0.25, 0.3) is 0 Å². The molecule has 0 amide bonds. The number of hydrogen-bond acceptors (Lipinski definition) is 2. The smallest absolute Gasteiger partial charge is 0.119 e. The van der Waals surface area contributed by atoms with E-state index in [1.807, 2.05) is 0 Å². The molecule has 1 aromatic rings. The molecule has 0 saturated heterocycles. The summed E-state index contributed by atoms with van der Waals surface area (Å²) in [7, 11) is 0. The van der Waals surface area contributed by atoms with Crippen LogP contribution < -0.4 is 10.1 Å². The minimum Gasteiger partial charge on any atom is -0.489 e. The molecule has 0 radical (unpaired) electrons. The topological polar surface area (TPSA) is 21.3 Å². The first-order chi connectivity index (χ1) is 10.1. The average Bonchev–Trinajstić information content (AvgIpc) is 2.49. The highest BCUT2D eigenvalue weighted by atomic mass is 16.5. The lowest BCUT2D eigenvalue weighted by Crippen LogP contribution is -2.43. The minimum absolute atomic E-state index is 0.251. The Kier molecular flexibility index (Phi) is 8.44. The molecule has 0 saturated carbocycles. The van der Waals surface area contributed by atoms with Gasteiger partial charge >= 0.3 is 0 Å². The van der Waals surface area contributed by atoms with Crippen LogP contribution in [0.3, 0.4) is 0 Å². The number of ether oxygens (including phenoxy) is 1. The van der Waals surface area contributed by atoms with Crippen LogP contribution in [0.2, 0.25) is 0 Å². The molecule has 2 nitrogen and oxygen atoms in total. The van der Waals surface area contributed by atoms with Gasteiger partial charge in [-0.15, -0.1) is 0 Å². The van der Waals surface area contributed by atoms with Crippen LogP contribution in [-0.2, 0) is 0 Å². The van der Waals surface area contributed by atoms with Crippen LogP contribution >= 0.6 is 0 Å². The summed E-state index contributed by atoms with van der Waals surface area (Å²) in [5, 5.41) is 3.65. The van der Waals surface area contributed by atoms with E-state index in [1.54, 1.807) is 0 Å². The summed E-state index contributed by atoms with van der Waals surface area (Å²) in [6, 6.07) is 9.04. The maximum atomic E-state index is 6.25. The van der Waals surface area contributed by atoms with Gasteiger partial charge in [0, 0.05) is 6.04 Å². The van der Waals surface area contributed by atoms with Gasteiger partial charge in [-0.3, -0.25) is 0 Å². The monoisotopic (exact) mass is 291 g/mol. The second-order valence-corrected chi connectivity index (χ2v) is 6.14. The molecule has 0 bridgehead atoms. The van der Waals surface area contributed by atoms with Crippen molar-refractivity contribution in [2.75, 3.05) is 6.54 Å². The zero-order valence-corrected chi connectivity index (χ0v) is 14.5. The van der Waals surface area contributed by atoms with E-state index in [0.717, 1.165) is 18.7 Å². The van der Waals surface area contributed by atoms with Crippen LogP contribution in [0.1, 0.15) is 71.8 Å². The molecule has 0 fully saturated rings. The number of hydrogen-bond donors (Lipinski definition) is 1. The first-order valence-corrected chi connectivity index (χ1v) is 8.62. The maximum Gasteiger partial charge on any atom is 0.119 e. The zero-order chi connectivity index (χ0) is 15.7. The van der Waals surface area contributed by atoms with E-state index >= 15 is 0 Å². The summed E-state index contributed by atoms with van der Waals surface area (Å²) >= 11 is 0. The van der Waals surface area contributed by atoms with Gasteiger partial charge in [0.2, 0.25) is 0 Å². The van der Waals surface area contributed by atoms with Crippen molar-refractivity contribution < 1.29 is 4.74 Å². The maximum absolute atomic E-state index is 6.25. The fourth-order valence-electron chi connectivity index (χ4n) is 2.62. The van der Waals surface area contributed by atoms with Gasteiger partial charge < -0.3 is 10.1 Å². The molecular weight excluding hydrogens is 258 g/mol. The molecule has 0 spiro atoms. The van der Waals surface area contributed by atoms with Gasteiger partial charge in [-0.2, -0.15) is 0 Å². The first-order valence-electron chi connectivity index (χ1n) is 8.62. The van der Waals surface area contributed by atoms with Crippen LogP contribution in [0, 0.1) is 0 Å². The summed E-state index contributed by atoms with van der Waals surface area (Å²) in [5.74, 6) is 1.56. The van der Waals surface area contributed by atoms with Crippen molar-refractivity contribution in [2.45, 2.75) is 78.4 Å². The Hall–Kier alpha value is -1.02. The SMILES string of the molecule is CCCNC(CCC)C(CC)Oc1ccc(C(C)C)cc1. The van der Waals surface area contributed by atoms with Gasteiger partial charge in [-0.1, -0.05) is 53.2 Å². The normalized spacial score (nSPS) is 14.2. The third-order valence-electron chi connectivity index (χ3n) is 3.94. The second-order valence-electron chi connectivity index (χ2n) is 6.14. The van der Waals surface area contributed by atoms with Gasteiger partial charge in [-0.25, -0.2) is 0 Å². The summed E-state index contributed by atoms with van der Waals surface area (Å²) < 4.78 is 6.25. The summed E-state index contributed by atoms with van der Waals surface area (Å²) in [6.07, 6.45) is 4.81. The Morgan fingerprint density at radius 1 is 1.00 bits per heavy atom. The standard InChI is InChI=1S/C19H33NO/c1-6-9-18(20-14-7-2)19(8-3)21-17-12-10-16(11-13-17)15(4)5/h10-13,15,18-20H,6-9,14H2,1-5H3. The van der Waals surface area contributed by atoms with E-state index in [1.165, 1.54) is 24.8 Å². The van der Waals surface area contributed by atoms with Crippen LogP contribution in [0.25, 0.3) is 0 Å². The lowest BCUT2D eigenvalue weighted by Gasteiger charge is -2.28. The van der Waals surface area contributed by atoms with Gasteiger partial charge in [0.05, 0.1) is 0 Å². The molecule has 2 heteroatoms. The van der Waals surface area contributed by atoms with Gasteiger partial charge in [-0.05, 0) is 49.4 Å². The van der Waals surface area contributed by atoms with E-state index in [9.17, 15) is 0 Å². The van der Waals surface area contributed by atoms with Gasteiger partial charge in [0.1, 0.15) is 11.9 Å². The number of rotatable bonds is 10. The molecule has 0 aliphatic carbocycles. The van der Waals surface area contributed by atoms with E-state index in [-0.39, 0.29) is 6.10 Å². The number of benzene rings is 1. The molecule has 1 rings (SSSR count). The van der Waals surface area contributed by atoms with E-state index in [0.29, 0.717) is 12.0 Å². The molecular formula is C19H33NO. The first kappa shape index (κ1) is 18.0. The molecule has 0 aliphatic heterocycles. The summed E-state index contributed by atoms with van der Waals surface area (Å²) in [4.78, 5) is 0. The predicted molar refractivity (Wildman–Crippen MR) is 92.2 cm³/mol. The molecule has 0 heterocycles. The van der Waals surface area contributed by atoms with Crippen molar-refractivity contribution in [1.29, 1.82) is 0 Å². The molecule has 0 aromatic heterocycles. The molecule has 2 unspecified atom stereocenters. The van der Waals surface area contributed by atoms with Crippen LogP contribution in [0.5, 0.6) is 5.75 Å². The van der Waals surface area contributed by atoms with Crippen molar-refractivity contribution in [3.63, 3.8) is 0 Å². The van der Waals surface area contributed by atoms with Crippen molar-refractivity contribution in [1.82, 2.24) is 5.32 Å². The van der Waals surface area contributed by atoms with Crippen LogP contribution in [0.4, 0.5) is 0 Å².